The van der Waals surface area contributed by atoms with Crippen molar-refractivity contribution >= 4 is 18.2 Å². The molecule has 0 saturated carbocycles. The molecule has 0 spiro atoms. The van der Waals surface area contributed by atoms with Crippen LogP contribution in [0.5, 0.6) is 0 Å². The lowest BCUT2D eigenvalue weighted by Gasteiger charge is -2.16. The van der Waals surface area contributed by atoms with Crippen molar-refractivity contribution in [3.63, 3.8) is 0 Å². The molecule has 0 saturated heterocycles. The van der Waals surface area contributed by atoms with E-state index in [0.717, 1.165) is 25.7 Å². The van der Waals surface area contributed by atoms with Gasteiger partial charge >= 0.3 is 0 Å². The Hall–Kier alpha value is -3.80. The Balaban J connectivity index is 1.52. The molecule has 2 aromatic rings. The molecule has 0 aliphatic heterocycles. The van der Waals surface area contributed by atoms with E-state index in [2.05, 4.69) is 121 Å². The fraction of sp³-hybridized carbons (Fsp3) is 0.206. The molecule has 4 aliphatic carbocycles. The summed E-state index contributed by atoms with van der Waals surface area (Å²) in [6.45, 7) is 4.56. The highest BCUT2D eigenvalue weighted by atomic mass is 15.0. The molecule has 35 heavy (non-hydrogen) atoms. The second-order valence-electron chi connectivity index (χ2n) is 9.97. The van der Waals surface area contributed by atoms with Crippen LogP contribution in [0.2, 0.25) is 0 Å². The van der Waals surface area contributed by atoms with Gasteiger partial charge in [0.05, 0.1) is 5.35 Å². The Morgan fingerprint density at radius 1 is 1.00 bits per heavy atom. The molecule has 1 unspecified atom stereocenters. The Labute approximate surface area is 208 Å². The van der Waals surface area contributed by atoms with E-state index in [1.54, 1.807) is 0 Å². The van der Waals surface area contributed by atoms with Gasteiger partial charge in [0.25, 0.3) is 0 Å². The summed E-state index contributed by atoms with van der Waals surface area (Å²) in [5.74, 6) is 0.583. The van der Waals surface area contributed by atoms with E-state index in [1.807, 2.05) is 0 Å². The lowest BCUT2D eigenvalue weighted by Crippen LogP contribution is -2.29. The van der Waals surface area contributed by atoms with Crippen LogP contribution in [0, 0.1) is 5.92 Å². The Morgan fingerprint density at radius 3 is 2.74 bits per heavy atom. The first-order chi connectivity index (χ1) is 17.2. The van der Waals surface area contributed by atoms with E-state index in [0.29, 0.717) is 5.92 Å². The highest BCUT2D eigenvalue weighted by Gasteiger charge is 2.19. The van der Waals surface area contributed by atoms with Crippen molar-refractivity contribution in [3.05, 3.63) is 134 Å². The second kappa shape index (κ2) is 9.10. The normalized spacial score (nSPS) is 20.6. The average Bonchev–Trinajstić information content (AvgIpc) is 3.02. The smallest absolute Gasteiger partial charge is 0.0544 e. The third-order valence-electron chi connectivity index (χ3n) is 7.43. The molecule has 4 aliphatic rings. The third-order valence-corrected chi connectivity index (χ3v) is 7.43. The van der Waals surface area contributed by atoms with Crippen molar-refractivity contribution in [2.75, 3.05) is 0 Å². The molecule has 6 rings (SSSR count). The highest BCUT2D eigenvalue weighted by molar-refractivity contribution is 5.70. The van der Waals surface area contributed by atoms with Crippen LogP contribution in [0.15, 0.2) is 113 Å². The first kappa shape index (κ1) is 21.7. The third kappa shape index (κ3) is 4.03. The zero-order valence-electron chi connectivity index (χ0n) is 20.6. The minimum atomic E-state index is 0.583. The molecule has 0 amide bonds. The number of hydrogen-bond donors (Lipinski definition) is 0. The van der Waals surface area contributed by atoms with Crippen LogP contribution in [0.4, 0.5) is 0 Å². The van der Waals surface area contributed by atoms with Gasteiger partial charge in [0, 0.05) is 22.2 Å². The predicted octanol–water partition coefficient (Wildman–Crippen LogP) is 6.82. The van der Waals surface area contributed by atoms with Gasteiger partial charge in [-0.15, -0.1) is 5.73 Å². The van der Waals surface area contributed by atoms with Crippen molar-refractivity contribution in [3.8, 4) is 5.69 Å². The molecule has 0 N–H and O–H groups in total. The minimum Gasteiger partial charge on any atom is -0.310 e. The monoisotopic (exact) mass is 453 g/mol. The number of fused-ring (bicyclic) bond motifs is 3. The molecule has 0 bridgehead atoms. The SMILES string of the molecule is CC1=C(C2=C=CC=c3c(c4c(n3-c3ccccc3)C=CCC4)=C2)C=C(C2=CC=CC(C)C2)C=CC1. The lowest BCUT2D eigenvalue weighted by atomic mass is 9.89. The molecule has 1 aromatic carbocycles. The zero-order valence-corrected chi connectivity index (χ0v) is 20.6. The number of nitrogens with zero attached hydrogens (tertiary/aromatic N) is 1. The second-order valence-corrected chi connectivity index (χ2v) is 9.97. The van der Waals surface area contributed by atoms with Crippen molar-refractivity contribution in [2.45, 2.75) is 39.5 Å². The number of aromatic nitrogens is 1. The summed E-state index contributed by atoms with van der Waals surface area (Å²) < 4.78 is 2.41. The number of hydrogen-bond acceptors (Lipinski definition) is 0. The van der Waals surface area contributed by atoms with Gasteiger partial charge in [-0.05, 0) is 103 Å². The van der Waals surface area contributed by atoms with Crippen LogP contribution in [0.3, 0.4) is 0 Å². The molecular formula is C34H31N. The van der Waals surface area contributed by atoms with E-state index >= 15 is 0 Å². The number of rotatable bonds is 3. The summed E-state index contributed by atoms with van der Waals surface area (Å²) in [5.41, 5.74) is 14.2. The highest BCUT2D eigenvalue weighted by Crippen LogP contribution is 2.32. The fourth-order valence-corrected chi connectivity index (χ4v) is 5.64. The Kier molecular flexibility index (Phi) is 5.64. The summed E-state index contributed by atoms with van der Waals surface area (Å²) in [5, 5.41) is 2.59. The lowest BCUT2D eigenvalue weighted by molar-refractivity contribution is 0.714. The van der Waals surface area contributed by atoms with Gasteiger partial charge in [0.15, 0.2) is 0 Å². The standard InChI is InChI=1S/C34H31N/c1-24-11-8-13-26(21-24)27-14-9-12-25(2)31(22-27)28-15-10-20-34-32(23-28)30-18-6-7-19-33(30)35(34)29-16-4-3-5-17-29/h3-5,7-11,13-14,16-17,19-20,22-24H,6,12,18,21H2,1-2H3. The van der Waals surface area contributed by atoms with Crippen LogP contribution in [-0.4, -0.2) is 4.57 Å². The van der Waals surface area contributed by atoms with E-state index in [9.17, 15) is 0 Å². The van der Waals surface area contributed by atoms with Gasteiger partial charge in [-0.1, -0.05) is 67.2 Å². The fourth-order valence-electron chi connectivity index (χ4n) is 5.64. The number of allylic oxidation sites excluding steroid dienone is 12. The van der Waals surface area contributed by atoms with E-state index < -0.39 is 0 Å². The molecular weight excluding hydrogens is 422 g/mol. The maximum atomic E-state index is 3.65. The molecule has 1 heterocycles. The average molecular weight is 454 g/mol. The first-order valence-corrected chi connectivity index (χ1v) is 12.8. The molecule has 1 aromatic heterocycles. The van der Waals surface area contributed by atoms with Gasteiger partial charge in [0.1, 0.15) is 0 Å². The van der Waals surface area contributed by atoms with Crippen LogP contribution in [-0.2, 0) is 6.42 Å². The van der Waals surface area contributed by atoms with Crippen molar-refractivity contribution in [1.29, 1.82) is 0 Å². The van der Waals surface area contributed by atoms with Crippen molar-refractivity contribution in [1.82, 2.24) is 4.57 Å². The van der Waals surface area contributed by atoms with Crippen LogP contribution < -0.4 is 10.6 Å². The molecule has 172 valence electrons. The molecule has 0 fully saturated rings. The maximum Gasteiger partial charge on any atom is 0.0544 e. The van der Waals surface area contributed by atoms with E-state index in [-0.39, 0.29) is 0 Å². The quantitative estimate of drug-likeness (QED) is 0.450. The maximum absolute atomic E-state index is 3.65. The van der Waals surface area contributed by atoms with Gasteiger partial charge < -0.3 is 4.57 Å². The van der Waals surface area contributed by atoms with Crippen molar-refractivity contribution in [2.24, 2.45) is 5.92 Å². The number of benzene rings is 1. The summed E-state index contributed by atoms with van der Waals surface area (Å²) >= 11 is 0. The first-order valence-electron chi connectivity index (χ1n) is 12.8. The topological polar surface area (TPSA) is 4.93 Å². The minimum absolute atomic E-state index is 0.583. The zero-order chi connectivity index (χ0) is 23.8. The molecule has 1 nitrogen and oxygen atoms in total. The van der Waals surface area contributed by atoms with Crippen molar-refractivity contribution < 1.29 is 0 Å². The van der Waals surface area contributed by atoms with Crippen LogP contribution >= 0.6 is 0 Å². The van der Waals surface area contributed by atoms with E-state index in [1.165, 1.54) is 55.4 Å². The van der Waals surface area contributed by atoms with Crippen LogP contribution in [0.25, 0.3) is 23.9 Å². The summed E-state index contributed by atoms with van der Waals surface area (Å²) in [7, 11) is 0. The summed E-state index contributed by atoms with van der Waals surface area (Å²) in [6, 6.07) is 10.7. The Bertz CT molecular complexity index is 1570. The summed E-state index contributed by atoms with van der Waals surface area (Å²) in [4.78, 5) is 0. The number of para-hydroxylation sites is 1. The van der Waals surface area contributed by atoms with Gasteiger partial charge in [-0.25, -0.2) is 0 Å². The predicted molar refractivity (Wildman–Crippen MR) is 148 cm³/mol. The van der Waals surface area contributed by atoms with Gasteiger partial charge in [-0.2, -0.15) is 0 Å². The summed E-state index contributed by atoms with van der Waals surface area (Å²) in [6.07, 6.45) is 29.4. The van der Waals surface area contributed by atoms with Gasteiger partial charge in [0.2, 0.25) is 0 Å². The largest absolute Gasteiger partial charge is 0.310 e. The molecule has 1 atom stereocenters. The Morgan fingerprint density at radius 2 is 1.89 bits per heavy atom. The molecule has 1 heteroatoms. The van der Waals surface area contributed by atoms with Gasteiger partial charge in [-0.3, -0.25) is 0 Å². The molecule has 0 radical (unpaired) electrons. The van der Waals surface area contributed by atoms with E-state index in [4.69, 9.17) is 0 Å². The van der Waals surface area contributed by atoms with Crippen LogP contribution in [0.1, 0.15) is 44.4 Å².